The fourth-order valence-electron chi connectivity index (χ4n) is 4.18. The molecule has 1 unspecified atom stereocenters. The van der Waals surface area contributed by atoms with Crippen molar-refractivity contribution in [3.05, 3.63) is 59.7 Å². The van der Waals surface area contributed by atoms with Crippen molar-refractivity contribution in [1.82, 2.24) is 9.38 Å². The van der Waals surface area contributed by atoms with Crippen molar-refractivity contribution in [3.8, 4) is 0 Å². The molecule has 0 N–H and O–H groups in total. The first-order valence-corrected chi connectivity index (χ1v) is 11.1. The number of hydrogen-bond acceptors (Lipinski definition) is 3. The monoisotopic (exact) mass is 488 g/mol. The molecule has 1 atom stereocenters. The average molecular weight is 488 g/mol. The summed E-state index contributed by atoms with van der Waals surface area (Å²) < 4.78 is 77.7. The largest absolute Gasteiger partial charge is 0.416 e. The smallest absolute Gasteiger partial charge is 0.369 e. The van der Waals surface area contributed by atoms with Crippen molar-refractivity contribution >= 4 is 17.3 Å². The maximum atomic E-state index is 13.0. The normalized spacial score (nSPS) is 17.5. The minimum Gasteiger partial charge on any atom is -0.369 e. The van der Waals surface area contributed by atoms with E-state index in [-0.39, 0.29) is 16.8 Å². The van der Waals surface area contributed by atoms with Gasteiger partial charge < -0.3 is 4.90 Å². The van der Waals surface area contributed by atoms with Gasteiger partial charge in [-0.25, -0.2) is 9.28 Å². The van der Waals surface area contributed by atoms with Crippen LogP contribution in [-0.2, 0) is 17.1 Å². The van der Waals surface area contributed by atoms with E-state index in [1.54, 1.807) is 20.0 Å². The van der Waals surface area contributed by atoms with E-state index >= 15 is 0 Å². The highest BCUT2D eigenvalue weighted by atomic mass is 19.4. The zero-order valence-corrected chi connectivity index (χ0v) is 19.1. The molecule has 1 amide bonds. The van der Waals surface area contributed by atoms with Crippen LogP contribution in [0.15, 0.2) is 48.5 Å². The maximum absolute atomic E-state index is 13.0. The topological polar surface area (TPSA) is 23.6 Å². The first-order chi connectivity index (χ1) is 15.8. The Morgan fingerprint density at radius 1 is 0.882 bits per heavy atom. The van der Waals surface area contributed by atoms with E-state index in [1.807, 2.05) is 4.90 Å². The lowest BCUT2D eigenvalue weighted by molar-refractivity contribution is -0.138. The van der Waals surface area contributed by atoms with Crippen LogP contribution < -0.4 is 9.38 Å². The molecule has 1 fully saturated rings. The van der Waals surface area contributed by atoms with Gasteiger partial charge in [-0.1, -0.05) is 13.0 Å². The van der Waals surface area contributed by atoms with Gasteiger partial charge in [-0.3, -0.25) is 4.90 Å². The van der Waals surface area contributed by atoms with E-state index in [0.29, 0.717) is 50.6 Å². The number of amides is 1. The molecule has 3 rings (SSSR count). The first-order valence-electron chi connectivity index (χ1n) is 11.1. The lowest BCUT2D eigenvalue weighted by atomic mass is 10.1. The molecule has 1 saturated heterocycles. The van der Waals surface area contributed by atoms with Gasteiger partial charge in [0.25, 0.3) is 0 Å². The molecule has 0 spiro atoms. The molecule has 1 aliphatic rings. The number of likely N-dealkylation sites (N-methyl/N-ethyl adjacent to an activating group) is 1. The van der Waals surface area contributed by atoms with Gasteiger partial charge in [0.05, 0.1) is 24.6 Å². The Labute approximate surface area is 195 Å². The van der Waals surface area contributed by atoms with Gasteiger partial charge in [0.15, 0.2) is 0 Å². The van der Waals surface area contributed by atoms with Gasteiger partial charge in [0.1, 0.15) is 12.2 Å². The number of nitrogens with zero attached hydrogens (tertiary/aromatic N) is 3. The zero-order valence-electron chi connectivity index (χ0n) is 19.1. The zero-order chi connectivity index (χ0) is 25.1. The van der Waals surface area contributed by atoms with E-state index in [1.165, 1.54) is 18.2 Å². The van der Waals surface area contributed by atoms with Gasteiger partial charge in [0, 0.05) is 50.5 Å². The molecular weight excluding hydrogens is 460 g/mol. The molecule has 2 aromatic carbocycles. The second-order valence-corrected chi connectivity index (χ2v) is 8.58. The Kier molecular flexibility index (Phi) is 7.62. The quantitative estimate of drug-likeness (QED) is 0.401. The number of hydrogen-bond donors (Lipinski definition) is 0. The molecule has 1 aliphatic heterocycles. The molecule has 0 saturated carbocycles. The molecule has 0 radical (unpaired) electrons. The highest BCUT2D eigenvalue weighted by molar-refractivity contribution is 5.87. The van der Waals surface area contributed by atoms with Crippen LogP contribution in [0.1, 0.15) is 24.5 Å². The van der Waals surface area contributed by atoms with Crippen molar-refractivity contribution in [2.24, 2.45) is 0 Å². The molecule has 34 heavy (non-hydrogen) atoms. The number of piperazine rings is 1. The number of carbonyl (C=O) groups excluding carboxylic acids is 1. The van der Waals surface area contributed by atoms with E-state index in [4.69, 9.17) is 0 Å². The van der Waals surface area contributed by atoms with Crippen LogP contribution in [0.5, 0.6) is 0 Å². The van der Waals surface area contributed by atoms with Gasteiger partial charge in [-0.15, -0.1) is 0 Å². The predicted octanol–water partition coefficient (Wildman–Crippen LogP) is 5.42. The number of halogens is 6. The van der Waals surface area contributed by atoms with Crippen molar-refractivity contribution in [2.75, 3.05) is 51.2 Å². The summed E-state index contributed by atoms with van der Waals surface area (Å²) in [6.45, 7) is 4.89. The van der Waals surface area contributed by atoms with E-state index < -0.39 is 23.5 Å². The molecule has 0 bridgehead atoms. The van der Waals surface area contributed by atoms with Gasteiger partial charge in [-0.05, 0) is 30.3 Å². The summed E-state index contributed by atoms with van der Waals surface area (Å²) in [6, 6.07) is 9.92. The summed E-state index contributed by atoms with van der Waals surface area (Å²) in [5.41, 5.74) is -0.448. The number of anilines is 1. The second kappa shape index (κ2) is 9.95. The summed E-state index contributed by atoms with van der Waals surface area (Å²) >= 11 is 0. The molecule has 1 heterocycles. The third-order valence-electron chi connectivity index (χ3n) is 6.39. The number of quaternary nitrogens is 1. The maximum Gasteiger partial charge on any atom is 0.416 e. The SMILES string of the molecule is CCC(=O)[N+](C)(CCN1CCN(c2cccc(C(F)(F)F)c2)CC1)c1ccc(C(F)(F)F)cc1. The predicted molar refractivity (Wildman–Crippen MR) is 119 cm³/mol. The van der Waals surface area contributed by atoms with E-state index in [9.17, 15) is 31.1 Å². The summed E-state index contributed by atoms with van der Waals surface area (Å²) in [7, 11) is 1.70. The summed E-state index contributed by atoms with van der Waals surface area (Å²) in [5.74, 6) is -0.109. The van der Waals surface area contributed by atoms with Crippen LogP contribution in [0.3, 0.4) is 0 Å². The average Bonchev–Trinajstić information content (AvgIpc) is 2.81. The van der Waals surface area contributed by atoms with Crippen molar-refractivity contribution in [2.45, 2.75) is 25.7 Å². The van der Waals surface area contributed by atoms with E-state index in [0.717, 1.165) is 24.3 Å². The van der Waals surface area contributed by atoms with Crippen molar-refractivity contribution < 1.29 is 31.1 Å². The number of benzene rings is 2. The Hall–Kier alpha value is -2.59. The number of rotatable bonds is 6. The van der Waals surface area contributed by atoms with Crippen LogP contribution in [0.25, 0.3) is 0 Å². The minimum absolute atomic E-state index is 0.109. The summed E-state index contributed by atoms with van der Waals surface area (Å²) in [5, 5.41) is 0. The molecule has 0 aromatic heterocycles. The van der Waals surface area contributed by atoms with Crippen LogP contribution in [0.2, 0.25) is 0 Å². The fraction of sp³-hybridized carbons (Fsp3) is 0.458. The van der Waals surface area contributed by atoms with Gasteiger partial charge in [0.2, 0.25) is 0 Å². The Balaban J connectivity index is 1.65. The first kappa shape index (κ1) is 26.0. The van der Waals surface area contributed by atoms with Crippen LogP contribution in [0, 0.1) is 0 Å². The molecule has 2 aromatic rings. The fourth-order valence-corrected chi connectivity index (χ4v) is 4.18. The molecular formula is C24H28F6N3O+. The molecule has 4 nitrogen and oxygen atoms in total. The number of carbonyl (C=O) groups is 1. The lowest BCUT2D eigenvalue weighted by Gasteiger charge is -2.38. The molecule has 0 aliphatic carbocycles. The van der Waals surface area contributed by atoms with Gasteiger partial charge in [-0.2, -0.15) is 26.3 Å². The third kappa shape index (κ3) is 5.90. The third-order valence-corrected chi connectivity index (χ3v) is 6.39. The Morgan fingerprint density at radius 2 is 1.47 bits per heavy atom. The minimum atomic E-state index is -4.45. The highest BCUT2D eigenvalue weighted by Gasteiger charge is 2.36. The highest BCUT2D eigenvalue weighted by Crippen LogP contribution is 2.33. The summed E-state index contributed by atoms with van der Waals surface area (Å²) in [4.78, 5) is 16.8. The van der Waals surface area contributed by atoms with E-state index in [2.05, 4.69) is 4.90 Å². The standard InChI is InChI=1S/C24H28F6N3O/c1-3-22(34)33(2,21-9-7-18(8-10-21)23(25,26)27)16-15-31-11-13-32(14-12-31)20-6-4-5-19(17-20)24(28,29)30/h4-10,17H,3,11-16H2,1-2H3/q+1. The van der Waals surface area contributed by atoms with Gasteiger partial charge >= 0.3 is 18.3 Å². The molecule has 10 heteroatoms. The Morgan fingerprint density at radius 3 is 2.00 bits per heavy atom. The lowest BCUT2D eigenvalue weighted by Crippen LogP contribution is -2.56. The summed E-state index contributed by atoms with van der Waals surface area (Å²) in [6.07, 6.45) is -8.61. The van der Waals surface area contributed by atoms with Crippen molar-refractivity contribution in [1.29, 1.82) is 0 Å². The second-order valence-electron chi connectivity index (χ2n) is 8.58. The van der Waals surface area contributed by atoms with Crippen LogP contribution in [0.4, 0.5) is 37.7 Å². The van der Waals surface area contributed by atoms with Crippen LogP contribution in [-0.4, -0.2) is 57.1 Å². The number of alkyl halides is 6. The molecule has 186 valence electrons. The van der Waals surface area contributed by atoms with Crippen molar-refractivity contribution in [3.63, 3.8) is 0 Å². The van der Waals surface area contributed by atoms with Crippen LogP contribution >= 0.6 is 0 Å². The Bertz CT molecular complexity index is 981.